The Bertz CT molecular complexity index is 1390. The lowest BCUT2D eigenvalue weighted by Crippen LogP contribution is -2.31. The van der Waals surface area contributed by atoms with Crippen molar-refractivity contribution in [2.24, 2.45) is 5.92 Å². The van der Waals surface area contributed by atoms with Crippen LogP contribution in [0.5, 0.6) is 5.75 Å². The van der Waals surface area contributed by atoms with E-state index in [1.807, 2.05) is 24.3 Å². The fourth-order valence-corrected chi connectivity index (χ4v) is 4.17. The number of fused-ring (bicyclic) bond motifs is 1. The van der Waals surface area contributed by atoms with Crippen molar-refractivity contribution in [3.63, 3.8) is 0 Å². The van der Waals surface area contributed by atoms with Gasteiger partial charge in [-0.1, -0.05) is 36.4 Å². The molecule has 0 aromatic heterocycles. The van der Waals surface area contributed by atoms with E-state index in [1.54, 1.807) is 19.1 Å². The summed E-state index contributed by atoms with van der Waals surface area (Å²) in [5, 5.41) is 0.259. The highest BCUT2D eigenvalue weighted by Gasteiger charge is 2.25. The first-order chi connectivity index (χ1) is 17.3. The van der Waals surface area contributed by atoms with Crippen LogP contribution in [-0.4, -0.2) is 19.8 Å². The summed E-state index contributed by atoms with van der Waals surface area (Å²) in [6.07, 6.45) is -0.620. The Kier molecular flexibility index (Phi) is 6.64. The molecule has 0 spiro atoms. The molecular formula is C28H21F5O3. The number of benzene rings is 4. The van der Waals surface area contributed by atoms with Gasteiger partial charge in [0.25, 0.3) is 0 Å². The molecule has 0 N–H and O–H groups in total. The molecule has 1 saturated heterocycles. The van der Waals surface area contributed by atoms with Crippen molar-refractivity contribution in [1.29, 1.82) is 0 Å². The van der Waals surface area contributed by atoms with Gasteiger partial charge >= 0.3 is 0 Å². The molecule has 4 aromatic carbocycles. The number of halogens is 5. The van der Waals surface area contributed by atoms with Crippen LogP contribution in [0.2, 0.25) is 0 Å². The summed E-state index contributed by atoms with van der Waals surface area (Å²) in [5.74, 6) is -6.07. The van der Waals surface area contributed by atoms with Crippen LogP contribution >= 0.6 is 0 Å². The molecule has 0 atom stereocenters. The first-order valence-corrected chi connectivity index (χ1v) is 11.3. The van der Waals surface area contributed by atoms with Gasteiger partial charge in [0, 0.05) is 16.9 Å². The Morgan fingerprint density at radius 3 is 2.06 bits per heavy atom. The summed E-state index contributed by atoms with van der Waals surface area (Å²) in [5.41, 5.74) is 2.72. The Hall–Kier alpha value is -3.49. The molecule has 0 unspecified atom stereocenters. The molecule has 8 heteroatoms. The minimum Gasteiger partial charge on any atom is -0.487 e. The SMILES string of the molecule is Cc1cc(F)c(OCC2COC(c3ccc(-c4ccc5c(F)c(F)c(F)cc5c4)cc3)OC2)c(F)c1. The summed E-state index contributed by atoms with van der Waals surface area (Å²) in [4.78, 5) is 0. The van der Waals surface area contributed by atoms with Crippen LogP contribution in [0, 0.1) is 41.9 Å². The van der Waals surface area contributed by atoms with Crippen LogP contribution in [0.4, 0.5) is 22.0 Å². The van der Waals surface area contributed by atoms with Crippen LogP contribution in [0.1, 0.15) is 17.4 Å². The maximum atomic E-state index is 14.0. The number of hydrogen-bond donors (Lipinski definition) is 0. The number of rotatable bonds is 5. The molecule has 0 saturated carbocycles. The standard InChI is InChI=1S/C28H21F5O3/c1-15-8-23(30)27(24(31)9-15)34-12-16-13-35-28(36-14-16)18-4-2-17(3-5-18)19-6-7-21-20(10-19)11-22(29)26(33)25(21)32/h2-11,16,28H,12-14H2,1H3. The van der Waals surface area contributed by atoms with Crippen molar-refractivity contribution in [1.82, 2.24) is 0 Å². The average Bonchev–Trinajstić information content (AvgIpc) is 2.87. The van der Waals surface area contributed by atoms with Gasteiger partial charge < -0.3 is 14.2 Å². The second-order valence-corrected chi connectivity index (χ2v) is 8.78. The van der Waals surface area contributed by atoms with Gasteiger partial charge in [-0.2, -0.15) is 0 Å². The fraction of sp³-hybridized carbons (Fsp3) is 0.214. The lowest BCUT2D eigenvalue weighted by atomic mass is 9.99. The molecule has 1 fully saturated rings. The van der Waals surface area contributed by atoms with Crippen molar-refractivity contribution in [3.8, 4) is 16.9 Å². The molecule has 36 heavy (non-hydrogen) atoms. The molecule has 0 radical (unpaired) electrons. The first-order valence-electron chi connectivity index (χ1n) is 11.3. The van der Waals surface area contributed by atoms with Gasteiger partial charge in [-0.05, 0) is 53.3 Å². The highest BCUT2D eigenvalue weighted by molar-refractivity contribution is 5.88. The minimum atomic E-state index is -1.49. The van der Waals surface area contributed by atoms with E-state index in [2.05, 4.69) is 0 Å². The van der Waals surface area contributed by atoms with E-state index in [-0.39, 0.29) is 36.5 Å². The first kappa shape index (κ1) is 24.2. The third kappa shape index (κ3) is 4.79. The van der Waals surface area contributed by atoms with Gasteiger partial charge in [-0.15, -0.1) is 0 Å². The molecule has 5 rings (SSSR count). The molecule has 4 aromatic rings. The predicted molar refractivity (Wildman–Crippen MR) is 124 cm³/mol. The van der Waals surface area contributed by atoms with Gasteiger partial charge in [-0.3, -0.25) is 0 Å². The molecule has 0 aliphatic carbocycles. The number of hydrogen-bond acceptors (Lipinski definition) is 3. The van der Waals surface area contributed by atoms with Crippen LogP contribution in [-0.2, 0) is 9.47 Å². The molecule has 1 aliphatic heterocycles. The number of ether oxygens (including phenoxy) is 3. The van der Waals surface area contributed by atoms with Crippen molar-refractivity contribution in [2.45, 2.75) is 13.2 Å². The van der Waals surface area contributed by atoms with Crippen LogP contribution < -0.4 is 4.74 Å². The summed E-state index contributed by atoms with van der Waals surface area (Å²) >= 11 is 0. The maximum Gasteiger partial charge on any atom is 0.195 e. The minimum absolute atomic E-state index is 0.00432. The van der Waals surface area contributed by atoms with Crippen molar-refractivity contribution < 1.29 is 36.2 Å². The predicted octanol–water partition coefficient (Wildman–Crippen LogP) is 7.25. The topological polar surface area (TPSA) is 27.7 Å². The second-order valence-electron chi connectivity index (χ2n) is 8.78. The average molecular weight is 500 g/mol. The normalized spacial score (nSPS) is 17.9. The molecule has 3 nitrogen and oxygen atoms in total. The van der Waals surface area contributed by atoms with E-state index in [1.165, 1.54) is 18.2 Å². The Labute approximate surface area is 204 Å². The Morgan fingerprint density at radius 2 is 1.39 bits per heavy atom. The van der Waals surface area contributed by atoms with Crippen LogP contribution in [0.15, 0.2) is 60.7 Å². The molecule has 1 aliphatic rings. The van der Waals surface area contributed by atoms with E-state index in [0.717, 1.165) is 17.2 Å². The quantitative estimate of drug-likeness (QED) is 0.213. The molecule has 186 valence electrons. The molecule has 0 amide bonds. The van der Waals surface area contributed by atoms with Gasteiger partial charge in [-0.25, -0.2) is 22.0 Å². The fourth-order valence-electron chi connectivity index (χ4n) is 4.17. The summed E-state index contributed by atoms with van der Waals surface area (Å²) in [6, 6.07) is 15.3. The third-order valence-corrected chi connectivity index (χ3v) is 6.06. The smallest absolute Gasteiger partial charge is 0.195 e. The monoisotopic (exact) mass is 500 g/mol. The molecular weight excluding hydrogens is 479 g/mol. The zero-order valence-electron chi connectivity index (χ0n) is 19.2. The number of aryl methyl sites for hydroxylation is 1. The second kappa shape index (κ2) is 9.87. The summed E-state index contributed by atoms with van der Waals surface area (Å²) < 4.78 is 85.9. The lowest BCUT2D eigenvalue weighted by molar-refractivity contribution is -0.208. The largest absolute Gasteiger partial charge is 0.487 e. The zero-order chi connectivity index (χ0) is 25.4. The van der Waals surface area contributed by atoms with E-state index >= 15 is 0 Å². The van der Waals surface area contributed by atoms with Gasteiger partial charge in [0.05, 0.1) is 19.8 Å². The van der Waals surface area contributed by atoms with Crippen LogP contribution in [0.3, 0.4) is 0 Å². The zero-order valence-corrected chi connectivity index (χ0v) is 19.2. The van der Waals surface area contributed by atoms with Gasteiger partial charge in [0.2, 0.25) is 0 Å². The summed E-state index contributed by atoms with van der Waals surface area (Å²) in [7, 11) is 0. The lowest BCUT2D eigenvalue weighted by Gasteiger charge is -2.29. The maximum absolute atomic E-state index is 14.0. The molecule has 0 bridgehead atoms. The van der Waals surface area contributed by atoms with Gasteiger partial charge in [0.1, 0.15) is 0 Å². The highest BCUT2D eigenvalue weighted by atomic mass is 19.2. The van der Waals surface area contributed by atoms with E-state index in [0.29, 0.717) is 11.1 Å². The van der Waals surface area contributed by atoms with Gasteiger partial charge in [0.15, 0.2) is 41.1 Å². The van der Waals surface area contributed by atoms with E-state index < -0.39 is 41.1 Å². The van der Waals surface area contributed by atoms with E-state index in [9.17, 15) is 22.0 Å². The summed E-state index contributed by atoms with van der Waals surface area (Å²) in [6.45, 7) is 2.19. The van der Waals surface area contributed by atoms with Crippen molar-refractivity contribution in [3.05, 3.63) is 101 Å². The van der Waals surface area contributed by atoms with Crippen molar-refractivity contribution in [2.75, 3.05) is 19.8 Å². The van der Waals surface area contributed by atoms with E-state index in [4.69, 9.17) is 14.2 Å². The third-order valence-electron chi connectivity index (χ3n) is 6.06. The van der Waals surface area contributed by atoms with Crippen LogP contribution in [0.25, 0.3) is 21.9 Å². The highest BCUT2D eigenvalue weighted by Crippen LogP contribution is 2.31. The Morgan fingerprint density at radius 1 is 0.750 bits per heavy atom. The van der Waals surface area contributed by atoms with Crippen molar-refractivity contribution >= 4 is 10.8 Å². The Balaban J connectivity index is 1.22. The molecule has 1 heterocycles.